The first kappa shape index (κ1) is 14.1. The molecule has 1 heterocycles. The first-order chi connectivity index (χ1) is 10.6. The number of hydrogen-bond donors (Lipinski definition) is 1. The summed E-state index contributed by atoms with van der Waals surface area (Å²) in [4.78, 5) is 26.2. The van der Waals surface area contributed by atoms with Crippen LogP contribution in [-0.4, -0.2) is 25.0 Å². The van der Waals surface area contributed by atoms with Gasteiger partial charge in [-0.25, -0.2) is 0 Å². The third-order valence-corrected chi connectivity index (χ3v) is 3.86. The van der Waals surface area contributed by atoms with Crippen LogP contribution in [0.4, 0.5) is 5.69 Å². The van der Waals surface area contributed by atoms with Crippen LogP contribution in [0.2, 0.25) is 0 Å². The number of carbonyl (C=O) groups is 2. The number of anilines is 1. The lowest BCUT2D eigenvalue weighted by atomic mass is 10.1. The molecule has 0 bridgehead atoms. The van der Waals surface area contributed by atoms with Gasteiger partial charge in [0.2, 0.25) is 5.91 Å². The number of primary amides is 1. The summed E-state index contributed by atoms with van der Waals surface area (Å²) in [5.41, 5.74) is 7.56. The van der Waals surface area contributed by atoms with Gasteiger partial charge in [0.05, 0.1) is 12.7 Å². The van der Waals surface area contributed by atoms with E-state index in [0.717, 1.165) is 11.3 Å². The maximum absolute atomic E-state index is 12.9. The molecule has 0 radical (unpaired) electrons. The Morgan fingerprint density at radius 3 is 2.55 bits per heavy atom. The third-order valence-electron chi connectivity index (χ3n) is 3.86. The van der Waals surface area contributed by atoms with Crippen molar-refractivity contribution in [3.05, 3.63) is 59.7 Å². The van der Waals surface area contributed by atoms with Gasteiger partial charge in [0, 0.05) is 12.1 Å². The van der Waals surface area contributed by atoms with E-state index in [1.807, 2.05) is 24.3 Å². The lowest BCUT2D eigenvalue weighted by molar-refractivity contribution is -0.119. The Morgan fingerprint density at radius 1 is 1.14 bits per heavy atom. The topological polar surface area (TPSA) is 72.6 Å². The van der Waals surface area contributed by atoms with E-state index in [-0.39, 0.29) is 5.91 Å². The summed E-state index contributed by atoms with van der Waals surface area (Å²) >= 11 is 0. The molecule has 0 saturated heterocycles. The summed E-state index contributed by atoms with van der Waals surface area (Å²) in [6.45, 7) is 0. The van der Waals surface area contributed by atoms with Crippen LogP contribution in [0.25, 0.3) is 0 Å². The van der Waals surface area contributed by atoms with Gasteiger partial charge >= 0.3 is 0 Å². The molecule has 2 aromatic rings. The number of nitrogens with two attached hydrogens (primary N) is 1. The molecule has 22 heavy (non-hydrogen) atoms. The molecule has 0 spiro atoms. The van der Waals surface area contributed by atoms with E-state index in [4.69, 9.17) is 10.5 Å². The van der Waals surface area contributed by atoms with Gasteiger partial charge < -0.3 is 10.5 Å². The highest BCUT2D eigenvalue weighted by molar-refractivity contribution is 6.12. The van der Waals surface area contributed by atoms with Crippen molar-refractivity contribution in [2.75, 3.05) is 12.0 Å². The molecule has 0 unspecified atom stereocenters. The molecule has 112 valence electrons. The van der Waals surface area contributed by atoms with Gasteiger partial charge in [0.1, 0.15) is 11.8 Å². The first-order valence-electron chi connectivity index (χ1n) is 6.97. The molecular formula is C17H16N2O3. The molecule has 2 aromatic carbocycles. The Labute approximate surface area is 128 Å². The van der Waals surface area contributed by atoms with E-state index >= 15 is 0 Å². The number of rotatable bonds is 3. The fraction of sp³-hybridized carbons (Fsp3) is 0.176. The fourth-order valence-electron chi connectivity index (χ4n) is 2.82. The molecule has 2 amide bonds. The largest absolute Gasteiger partial charge is 0.496 e. The van der Waals surface area contributed by atoms with Crippen molar-refractivity contribution in [2.45, 2.75) is 12.5 Å². The first-order valence-corrected chi connectivity index (χ1v) is 6.97. The molecular weight excluding hydrogens is 280 g/mol. The predicted octanol–water partition coefficient (Wildman–Crippen LogP) is 1.75. The summed E-state index contributed by atoms with van der Waals surface area (Å²) in [6.07, 6.45) is 0.437. The molecule has 1 atom stereocenters. The highest BCUT2D eigenvalue weighted by atomic mass is 16.5. The molecule has 1 aliphatic heterocycles. The molecule has 3 rings (SSSR count). The van der Waals surface area contributed by atoms with Crippen molar-refractivity contribution < 1.29 is 14.3 Å². The highest BCUT2D eigenvalue weighted by Gasteiger charge is 2.38. The van der Waals surface area contributed by atoms with Crippen LogP contribution in [0, 0.1) is 0 Å². The Hall–Kier alpha value is -2.82. The van der Waals surface area contributed by atoms with Crippen LogP contribution in [0.3, 0.4) is 0 Å². The van der Waals surface area contributed by atoms with E-state index in [0.29, 0.717) is 17.7 Å². The van der Waals surface area contributed by atoms with Crippen LogP contribution >= 0.6 is 0 Å². The molecule has 0 aromatic heterocycles. The second kappa shape index (κ2) is 5.52. The minimum atomic E-state index is -0.671. The number of methoxy groups -OCH3 is 1. The number of fused-ring (bicyclic) bond motifs is 1. The van der Waals surface area contributed by atoms with Gasteiger partial charge in [0.15, 0.2) is 0 Å². The number of nitrogens with zero attached hydrogens (tertiary/aromatic N) is 1. The van der Waals surface area contributed by atoms with Crippen molar-refractivity contribution in [3.8, 4) is 5.75 Å². The van der Waals surface area contributed by atoms with E-state index < -0.39 is 11.9 Å². The van der Waals surface area contributed by atoms with E-state index in [1.165, 1.54) is 12.0 Å². The number of carbonyl (C=O) groups excluding carboxylic acids is 2. The van der Waals surface area contributed by atoms with Gasteiger partial charge in [0.25, 0.3) is 5.91 Å². The second-order valence-electron chi connectivity index (χ2n) is 5.13. The summed E-state index contributed by atoms with van der Waals surface area (Å²) in [7, 11) is 1.51. The Kier molecular flexibility index (Phi) is 3.55. The SMILES string of the molecule is COc1ccccc1C(=O)N1c2ccccc2C[C@@H]1C(N)=O. The van der Waals surface area contributed by atoms with Gasteiger partial charge in [-0.1, -0.05) is 30.3 Å². The predicted molar refractivity (Wildman–Crippen MR) is 82.9 cm³/mol. The molecule has 2 N–H and O–H groups in total. The van der Waals surface area contributed by atoms with Crippen molar-refractivity contribution in [2.24, 2.45) is 5.73 Å². The monoisotopic (exact) mass is 296 g/mol. The van der Waals surface area contributed by atoms with Crippen LogP contribution in [0.1, 0.15) is 15.9 Å². The normalized spacial score (nSPS) is 16.2. The summed E-state index contributed by atoms with van der Waals surface area (Å²) in [5.74, 6) is -0.328. The highest BCUT2D eigenvalue weighted by Crippen LogP contribution is 2.34. The standard InChI is InChI=1S/C17H16N2O3/c1-22-15-9-5-3-7-12(15)17(21)19-13-8-4-2-6-11(13)10-14(19)16(18)20/h2-9,14H,10H2,1H3,(H2,18,20)/t14-/m1/s1. The molecule has 5 nitrogen and oxygen atoms in total. The van der Waals surface area contributed by atoms with Crippen LogP contribution in [0.5, 0.6) is 5.75 Å². The molecule has 0 fully saturated rings. The average Bonchev–Trinajstić information content (AvgIpc) is 2.94. The maximum Gasteiger partial charge on any atom is 0.262 e. The zero-order chi connectivity index (χ0) is 15.7. The lowest BCUT2D eigenvalue weighted by Gasteiger charge is -2.24. The zero-order valence-corrected chi connectivity index (χ0v) is 12.2. The molecule has 0 saturated carbocycles. The van der Waals surface area contributed by atoms with E-state index in [2.05, 4.69) is 0 Å². The van der Waals surface area contributed by atoms with Gasteiger partial charge in [-0.2, -0.15) is 0 Å². The number of hydrogen-bond acceptors (Lipinski definition) is 3. The fourth-order valence-corrected chi connectivity index (χ4v) is 2.82. The van der Waals surface area contributed by atoms with Crippen LogP contribution in [-0.2, 0) is 11.2 Å². The van der Waals surface area contributed by atoms with Crippen LogP contribution in [0.15, 0.2) is 48.5 Å². The third kappa shape index (κ3) is 2.20. The summed E-state index contributed by atoms with van der Waals surface area (Å²) in [5, 5.41) is 0. The van der Waals surface area contributed by atoms with E-state index in [1.54, 1.807) is 24.3 Å². The van der Waals surface area contributed by atoms with Gasteiger partial charge in [-0.05, 0) is 23.8 Å². The number of para-hydroxylation sites is 2. The molecule has 5 heteroatoms. The minimum absolute atomic E-state index is 0.286. The van der Waals surface area contributed by atoms with Crippen molar-refractivity contribution in [1.29, 1.82) is 0 Å². The summed E-state index contributed by atoms with van der Waals surface area (Å²) < 4.78 is 5.25. The van der Waals surface area contributed by atoms with Crippen molar-refractivity contribution >= 4 is 17.5 Å². The Morgan fingerprint density at radius 2 is 1.82 bits per heavy atom. The number of benzene rings is 2. The average molecular weight is 296 g/mol. The van der Waals surface area contributed by atoms with E-state index in [9.17, 15) is 9.59 Å². The number of amides is 2. The molecule has 0 aliphatic carbocycles. The van der Waals surface area contributed by atoms with Crippen LogP contribution < -0.4 is 15.4 Å². The second-order valence-corrected chi connectivity index (χ2v) is 5.13. The lowest BCUT2D eigenvalue weighted by Crippen LogP contribution is -2.46. The Balaban J connectivity index is 2.08. The van der Waals surface area contributed by atoms with Gasteiger partial charge in [-0.15, -0.1) is 0 Å². The number of ether oxygens (including phenoxy) is 1. The van der Waals surface area contributed by atoms with Gasteiger partial charge in [-0.3, -0.25) is 14.5 Å². The maximum atomic E-state index is 12.9. The molecule has 1 aliphatic rings. The minimum Gasteiger partial charge on any atom is -0.496 e. The zero-order valence-electron chi connectivity index (χ0n) is 12.2. The van der Waals surface area contributed by atoms with Crippen molar-refractivity contribution in [3.63, 3.8) is 0 Å². The summed E-state index contributed by atoms with van der Waals surface area (Å²) in [6, 6.07) is 13.7. The smallest absolute Gasteiger partial charge is 0.262 e. The Bertz CT molecular complexity index is 742. The quantitative estimate of drug-likeness (QED) is 0.938. The van der Waals surface area contributed by atoms with Crippen molar-refractivity contribution in [1.82, 2.24) is 0 Å².